The van der Waals surface area contributed by atoms with Crippen LogP contribution >= 0.6 is 0 Å². The first kappa shape index (κ1) is 14.3. The van der Waals surface area contributed by atoms with Gasteiger partial charge in [0.05, 0.1) is 0 Å². The van der Waals surface area contributed by atoms with Crippen LogP contribution in [-0.2, 0) is 0 Å². The predicted octanol–water partition coefficient (Wildman–Crippen LogP) is 3.18. The average Bonchev–Trinajstić information content (AvgIpc) is 3.34. The molecule has 3 rings (SSSR count). The highest BCUT2D eigenvalue weighted by Crippen LogP contribution is 2.44. The van der Waals surface area contributed by atoms with Gasteiger partial charge in [0.1, 0.15) is 0 Å². The van der Waals surface area contributed by atoms with Crippen LogP contribution in [-0.4, -0.2) is 24.8 Å². The van der Waals surface area contributed by atoms with E-state index in [1.165, 1.54) is 11.1 Å². The Kier molecular flexibility index (Phi) is 4.37. The fourth-order valence-electron chi connectivity index (χ4n) is 2.85. The number of benzene rings is 2. The van der Waals surface area contributed by atoms with Crippen molar-refractivity contribution in [1.82, 2.24) is 5.32 Å². The van der Waals surface area contributed by atoms with E-state index in [0.29, 0.717) is 12.5 Å². The third kappa shape index (κ3) is 3.52. The quantitative estimate of drug-likeness (QED) is 0.817. The highest BCUT2D eigenvalue weighted by Gasteiger charge is 2.41. The van der Waals surface area contributed by atoms with Gasteiger partial charge in [0.15, 0.2) is 0 Å². The van der Waals surface area contributed by atoms with E-state index in [4.69, 9.17) is 0 Å². The highest BCUT2D eigenvalue weighted by atomic mass is 16.3. The van der Waals surface area contributed by atoms with E-state index in [1.54, 1.807) is 0 Å². The molecular weight excluding hydrogens is 258 g/mol. The van der Waals surface area contributed by atoms with Crippen LogP contribution in [0.4, 0.5) is 0 Å². The maximum atomic E-state index is 9.42. The highest BCUT2D eigenvalue weighted by molar-refractivity contribution is 5.32. The monoisotopic (exact) mass is 281 g/mol. The zero-order valence-electron chi connectivity index (χ0n) is 12.3. The number of hydrogen-bond acceptors (Lipinski definition) is 2. The molecule has 2 N–H and O–H groups in total. The van der Waals surface area contributed by atoms with Crippen molar-refractivity contribution in [2.75, 3.05) is 19.7 Å². The molecule has 0 aliphatic heterocycles. The molecule has 0 amide bonds. The predicted molar refractivity (Wildman–Crippen MR) is 86.3 cm³/mol. The van der Waals surface area contributed by atoms with Crippen LogP contribution < -0.4 is 5.32 Å². The van der Waals surface area contributed by atoms with Gasteiger partial charge in [-0.15, -0.1) is 0 Å². The molecular formula is C19H23NO. The standard InChI is InChI=1S/C19H23NO/c21-15-19(11-12-19)14-20-13-18(16-7-3-1-4-8-16)17-9-5-2-6-10-17/h1-10,18,20-21H,11-15H2. The van der Waals surface area contributed by atoms with Gasteiger partial charge in [0.2, 0.25) is 0 Å². The fourth-order valence-corrected chi connectivity index (χ4v) is 2.85. The lowest BCUT2D eigenvalue weighted by molar-refractivity contribution is 0.207. The molecule has 0 unspecified atom stereocenters. The van der Waals surface area contributed by atoms with Gasteiger partial charge >= 0.3 is 0 Å². The van der Waals surface area contributed by atoms with Gasteiger partial charge in [-0.3, -0.25) is 0 Å². The molecule has 0 atom stereocenters. The fraction of sp³-hybridized carbons (Fsp3) is 0.368. The summed E-state index contributed by atoms with van der Waals surface area (Å²) < 4.78 is 0. The SMILES string of the molecule is OCC1(CNCC(c2ccccc2)c2ccccc2)CC1. The molecule has 21 heavy (non-hydrogen) atoms. The summed E-state index contributed by atoms with van der Waals surface area (Å²) >= 11 is 0. The lowest BCUT2D eigenvalue weighted by Crippen LogP contribution is -2.30. The molecule has 0 heterocycles. The summed E-state index contributed by atoms with van der Waals surface area (Å²) in [7, 11) is 0. The van der Waals surface area contributed by atoms with Crippen molar-refractivity contribution < 1.29 is 5.11 Å². The van der Waals surface area contributed by atoms with Gasteiger partial charge in [-0.2, -0.15) is 0 Å². The Bertz CT molecular complexity index is 509. The molecule has 1 aliphatic rings. The molecule has 2 heteroatoms. The maximum Gasteiger partial charge on any atom is 0.0499 e. The minimum atomic E-state index is 0.165. The first-order chi connectivity index (χ1) is 10.3. The van der Waals surface area contributed by atoms with Crippen LogP contribution in [0.1, 0.15) is 29.9 Å². The van der Waals surface area contributed by atoms with Crippen molar-refractivity contribution in [2.24, 2.45) is 5.41 Å². The second kappa shape index (κ2) is 6.42. The van der Waals surface area contributed by atoms with Gasteiger partial charge in [-0.05, 0) is 24.0 Å². The second-order valence-electron chi connectivity index (χ2n) is 6.16. The van der Waals surface area contributed by atoms with Crippen LogP contribution in [0.15, 0.2) is 60.7 Å². The number of nitrogens with one attached hydrogen (secondary N) is 1. The Balaban J connectivity index is 1.71. The average molecular weight is 281 g/mol. The summed E-state index contributed by atoms with van der Waals surface area (Å²) in [5, 5.41) is 13.0. The van der Waals surface area contributed by atoms with Gasteiger partial charge < -0.3 is 10.4 Å². The van der Waals surface area contributed by atoms with E-state index in [-0.39, 0.29) is 5.41 Å². The first-order valence-corrected chi connectivity index (χ1v) is 7.74. The third-order valence-electron chi connectivity index (χ3n) is 4.54. The van der Waals surface area contributed by atoms with Gasteiger partial charge in [-0.1, -0.05) is 60.7 Å². The molecule has 0 bridgehead atoms. The molecule has 1 fully saturated rings. The largest absolute Gasteiger partial charge is 0.396 e. The van der Waals surface area contributed by atoms with E-state index in [0.717, 1.165) is 25.9 Å². The van der Waals surface area contributed by atoms with Crippen LogP contribution in [0.5, 0.6) is 0 Å². The van der Waals surface area contributed by atoms with Crippen LogP contribution in [0.2, 0.25) is 0 Å². The summed E-state index contributed by atoms with van der Waals surface area (Å²) in [5.74, 6) is 0.363. The smallest absolute Gasteiger partial charge is 0.0499 e. The topological polar surface area (TPSA) is 32.3 Å². The lowest BCUT2D eigenvalue weighted by Gasteiger charge is -2.21. The zero-order chi connectivity index (χ0) is 14.5. The van der Waals surface area contributed by atoms with E-state index in [1.807, 2.05) is 0 Å². The molecule has 0 radical (unpaired) electrons. The Morgan fingerprint density at radius 3 is 1.86 bits per heavy atom. The first-order valence-electron chi connectivity index (χ1n) is 7.74. The molecule has 1 aliphatic carbocycles. The van der Waals surface area contributed by atoms with Gasteiger partial charge in [0, 0.05) is 31.0 Å². The molecule has 1 saturated carbocycles. The van der Waals surface area contributed by atoms with Crippen LogP contribution in [0.25, 0.3) is 0 Å². The molecule has 110 valence electrons. The summed E-state index contributed by atoms with van der Waals surface area (Å²) in [5.41, 5.74) is 2.84. The molecule has 0 spiro atoms. The minimum Gasteiger partial charge on any atom is -0.396 e. The van der Waals surface area contributed by atoms with Crippen molar-refractivity contribution >= 4 is 0 Å². The van der Waals surface area contributed by atoms with Crippen molar-refractivity contribution in [2.45, 2.75) is 18.8 Å². The zero-order valence-corrected chi connectivity index (χ0v) is 12.3. The van der Waals surface area contributed by atoms with Gasteiger partial charge in [-0.25, -0.2) is 0 Å². The van der Waals surface area contributed by atoms with E-state index in [2.05, 4.69) is 66.0 Å². The molecule has 2 aromatic rings. The Morgan fingerprint density at radius 1 is 0.905 bits per heavy atom. The van der Waals surface area contributed by atoms with Crippen molar-refractivity contribution in [3.63, 3.8) is 0 Å². The molecule has 2 nitrogen and oxygen atoms in total. The minimum absolute atomic E-state index is 0.165. The van der Waals surface area contributed by atoms with Gasteiger partial charge in [0.25, 0.3) is 0 Å². The molecule has 2 aromatic carbocycles. The van der Waals surface area contributed by atoms with Crippen molar-refractivity contribution in [1.29, 1.82) is 0 Å². The van der Waals surface area contributed by atoms with E-state index < -0.39 is 0 Å². The third-order valence-corrected chi connectivity index (χ3v) is 4.54. The Labute approximate surface area is 126 Å². The number of hydrogen-bond donors (Lipinski definition) is 2. The lowest BCUT2D eigenvalue weighted by atomic mass is 9.91. The Morgan fingerprint density at radius 2 is 1.43 bits per heavy atom. The summed E-state index contributed by atoms with van der Waals surface area (Å²) in [6, 6.07) is 21.3. The normalized spacial score (nSPS) is 16.1. The summed E-state index contributed by atoms with van der Waals surface area (Å²) in [6.45, 7) is 2.14. The van der Waals surface area contributed by atoms with Crippen LogP contribution in [0, 0.1) is 5.41 Å². The molecule has 0 aromatic heterocycles. The number of aliphatic hydroxyl groups is 1. The maximum absolute atomic E-state index is 9.42. The van der Waals surface area contributed by atoms with Crippen LogP contribution in [0.3, 0.4) is 0 Å². The van der Waals surface area contributed by atoms with Crippen molar-refractivity contribution in [3.05, 3.63) is 71.8 Å². The number of rotatable bonds is 7. The molecule has 0 saturated heterocycles. The van der Waals surface area contributed by atoms with E-state index >= 15 is 0 Å². The summed E-state index contributed by atoms with van der Waals surface area (Å²) in [6.07, 6.45) is 2.30. The number of aliphatic hydroxyl groups excluding tert-OH is 1. The second-order valence-corrected chi connectivity index (χ2v) is 6.16. The Hall–Kier alpha value is -1.64. The van der Waals surface area contributed by atoms with Crippen molar-refractivity contribution in [3.8, 4) is 0 Å². The van der Waals surface area contributed by atoms with E-state index in [9.17, 15) is 5.11 Å². The summed E-state index contributed by atoms with van der Waals surface area (Å²) in [4.78, 5) is 0.